The number of aliphatic hydroxyl groups is 1. The van der Waals surface area contributed by atoms with Gasteiger partial charge in [0, 0.05) is 42.8 Å². The van der Waals surface area contributed by atoms with Crippen molar-refractivity contribution in [3.63, 3.8) is 0 Å². The summed E-state index contributed by atoms with van der Waals surface area (Å²) in [6.07, 6.45) is 6.13. The molecule has 4 heteroatoms. The van der Waals surface area contributed by atoms with Gasteiger partial charge in [0.2, 0.25) is 0 Å². The normalized spacial score (nSPS) is 19.2. The molecule has 1 aromatic heterocycles. The van der Waals surface area contributed by atoms with Gasteiger partial charge in [-0.2, -0.15) is 0 Å². The lowest BCUT2D eigenvalue weighted by Crippen LogP contribution is -2.37. The van der Waals surface area contributed by atoms with E-state index >= 15 is 0 Å². The Labute approximate surface area is 126 Å². The monoisotopic (exact) mass is 287 g/mol. The number of nitrogens with zero attached hydrogens (tertiary/aromatic N) is 1. The van der Waals surface area contributed by atoms with Crippen molar-refractivity contribution in [2.75, 3.05) is 19.7 Å². The SMILES string of the molecule is OCCNCc1cccc2c1ccn2CC1CCCCN1. The number of fused-ring (bicyclic) bond motifs is 1. The van der Waals surface area contributed by atoms with Crippen molar-refractivity contribution < 1.29 is 5.11 Å². The summed E-state index contributed by atoms with van der Waals surface area (Å²) in [4.78, 5) is 0. The fourth-order valence-corrected chi connectivity index (χ4v) is 3.22. The fourth-order valence-electron chi connectivity index (χ4n) is 3.22. The average Bonchev–Trinajstić information content (AvgIpc) is 2.93. The molecule has 2 aromatic rings. The molecule has 3 rings (SSSR count). The lowest BCUT2D eigenvalue weighted by molar-refractivity contribution is 0.292. The highest BCUT2D eigenvalue weighted by Crippen LogP contribution is 2.21. The van der Waals surface area contributed by atoms with E-state index in [2.05, 4.69) is 45.7 Å². The van der Waals surface area contributed by atoms with Gasteiger partial charge in [0.05, 0.1) is 6.61 Å². The van der Waals surface area contributed by atoms with Crippen molar-refractivity contribution in [1.82, 2.24) is 15.2 Å². The van der Waals surface area contributed by atoms with Gasteiger partial charge in [-0.05, 0) is 37.1 Å². The maximum Gasteiger partial charge on any atom is 0.0556 e. The van der Waals surface area contributed by atoms with Gasteiger partial charge < -0.3 is 20.3 Å². The number of aliphatic hydroxyl groups excluding tert-OH is 1. The van der Waals surface area contributed by atoms with E-state index in [1.54, 1.807) is 0 Å². The van der Waals surface area contributed by atoms with E-state index in [9.17, 15) is 0 Å². The minimum atomic E-state index is 0.185. The maximum absolute atomic E-state index is 8.87. The van der Waals surface area contributed by atoms with Crippen LogP contribution in [0, 0.1) is 0 Å². The van der Waals surface area contributed by atoms with Crippen LogP contribution in [0.3, 0.4) is 0 Å². The van der Waals surface area contributed by atoms with Crippen LogP contribution in [0.4, 0.5) is 0 Å². The smallest absolute Gasteiger partial charge is 0.0556 e. The summed E-state index contributed by atoms with van der Waals surface area (Å²) in [6.45, 7) is 3.84. The molecule has 1 aliphatic heterocycles. The second kappa shape index (κ2) is 7.07. The molecule has 2 heterocycles. The van der Waals surface area contributed by atoms with Crippen molar-refractivity contribution in [3.8, 4) is 0 Å². The molecule has 0 saturated carbocycles. The number of benzene rings is 1. The van der Waals surface area contributed by atoms with Gasteiger partial charge in [-0.15, -0.1) is 0 Å². The Kier molecular flexibility index (Phi) is 4.91. The third kappa shape index (κ3) is 3.46. The van der Waals surface area contributed by atoms with Crippen LogP contribution in [-0.2, 0) is 13.1 Å². The molecule has 1 atom stereocenters. The van der Waals surface area contributed by atoms with Gasteiger partial charge in [0.15, 0.2) is 0 Å². The molecule has 1 fully saturated rings. The summed E-state index contributed by atoms with van der Waals surface area (Å²) < 4.78 is 2.37. The van der Waals surface area contributed by atoms with E-state index in [1.165, 1.54) is 35.7 Å². The van der Waals surface area contributed by atoms with Crippen LogP contribution in [0.1, 0.15) is 24.8 Å². The third-order valence-electron chi connectivity index (χ3n) is 4.34. The molecule has 0 bridgehead atoms. The summed E-state index contributed by atoms with van der Waals surface area (Å²) in [5.74, 6) is 0. The zero-order chi connectivity index (χ0) is 14.5. The first-order valence-electron chi connectivity index (χ1n) is 8.00. The molecule has 0 radical (unpaired) electrons. The fraction of sp³-hybridized carbons (Fsp3) is 0.529. The van der Waals surface area contributed by atoms with E-state index < -0.39 is 0 Å². The summed E-state index contributed by atoms with van der Waals surface area (Å²) in [7, 11) is 0. The molecule has 3 N–H and O–H groups in total. The first-order chi connectivity index (χ1) is 10.4. The second-order valence-electron chi connectivity index (χ2n) is 5.87. The van der Waals surface area contributed by atoms with Crippen molar-refractivity contribution in [3.05, 3.63) is 36.0 Å². The second-order valence-corrected chi connectivity index (χ2v) is 5.87. The van der Waals surface area contributed by atoms with E-state index in [-0.39, 0.29) is 6.61 Å². The number of aromatic nitrogens is 1. The topological polar surface area (TPSA) is 49.2 Å². The lowest BCUT2D eigenvalue weighted by atomic mass is 10.0. The van der Waals surface area contributed by atoms with Gasteiger partial charge in [-0.25, -0.2) is 0 Å². The Balaban J connectivity index is 1.76. The van der Waals surface area contributed by atoms with Crippen molar-refractivity contribution in [2.45, 2.75) is 38.4 Å². The largest absolute Gasteiger partial charge is 0.395 e. The zero-order valence-electron chi connectivity index (χ0n) is 12.5. The molecule has 4 nitrogen and oxygen atoms in total. The summed E-state index contributed by atoms with van der Waals surface area (Å²) in [6, 6.07) is 9.31. The highest BCUT2D eigenvalue weighted by atomic mass is 16.3. The Morgan fingerprint density at radius 2 is 2.24 bits per heavy atom. The van der Waals surface area contributed by atoms with E-state index in [0.717, 1.165) is 19.6 Å². The molecule has 1 unspecified atom stereocenters. The van der Waals surface area contributed by atoms with Crippen LogP contribution in [0.5, 0.6) is 0 Å². The van der Waals surface area contributed by atoms with Gasteiger partial charge >= 0.3 is 0 Å². The Hall–Kier alpha value is -1.36. The highest BCUT2D eigenvalue weighted by molar-refractivity contribution is 5.83. The first-order valence-corrected chi connectivity index (χ1v) is 8.00. The Bertz CT molecular complexity index is 572. The van der Waals surface area contributed by atoms with E-state index in [0.29, 0.717) is 12.6 Å². The van der Waals surface area contributed by atoms with Crippen LogP contribution in [-0.4, -0.2) is 35.4 Å². The van der Waals surface area contributed by atoms with Gasteiger partial charge in [0.1, 0.15) is 0 Å². The highest BCUT2D eigenvalue weighted by Gasteiger charge is 2.14. The van der Waals surface area contributed by atoms with Gasteiger partial charge in [-0.1, -0.05) is 18.6 Å². The molecular formula is C17H25N3O. The Morgan fingerprint density at radius 3 is 3.05 bits per heavy atom. The van der Waals surface area contributed by atoms with E-state index in [1.807, 2.05) is 0 Å². The molecule has 0 aliphatic carbocycles. The van der Waals surface area contributed by atoms with Crippen LogP contribution in [0.15, 0.2) is 30.5 Å². The van der Waals surface area contributed by atoms with Crippen LogP contribution >= 0.6 is 0 Å². The van der Waals surface area contributed by atoms with Crippen molar-refractivity contribution in [1.29, 1.82) is 0 Å². The number of hydrogen-bond acceptors (Lipinski definition) is 3. The number of rotatable bonds is 6. The molecular weight excluding hydrogens is 262 g/mol. The Morgan fingerprint density at radius 1 is 1.29 bits per heavy atom. The predicted octanol–water partition coefficient (Wildman–Crippen LogP) is 1.87. The molecule has 0 spiro atoms. The molecule has 1 saturated heterocycles. The lowest BCUT2D eigenvalue weighted by Gasteiger charge is -2.24. The van der Waals surface area contributed by atoms with Gasteiger partial charge in [-0.3, -0.25) is 0 Å². The zero-order valence-corrected chi connectivity index (χ0v) is 12.5. The van der Waals surface area contributed by atoms with Crippen LogP contribution in [0.25, 0.3) is 10.9 Å². The number of nitrogens with one attached hydrogen (secondary N) is 2. The summed E-state index contributed by atoms with van der Waals surface area (Å²) >= 11 is 0. The van der Waals surface area contributed by atoms with Crippen LogP contribution in [0.2, 0.25) is 0 Å². The predicted molar refractivity (Wildman–Crippen MR) is 86.4 cm³/mol. The number of hydrogen-bond donors (Lipinski definition) is 3. The summed E-state index contributed by atoms with van der Waals surface area (Å²) in [5, 5.41) is 17.1. The summed E-state index contributed by atoms with van der Waals surface area (Å²) in [5.41, 5.74) is 2.61. The molecule has 0 amide bonds. The van der Waals surface area contributed by atoms with Crippen molar-refractivity contribution >= 4 is 10.9 Å². The standard InChI is InChI=1S/C17H25N3O/c21-11-9-18-12-14-4-3-6-17-16(14)7-10-20(17)13-15-5-1-2-8-19-15/h3-4,6-7,10,15,18-19,21H,1-2,5,8-9,11-13H2. The van der Waals surface area contributed by atoms with Gasteiger partial charge in [0.25, 0.3) is 0 Å². The minimum absolute atomic E-state index is 0.185. The third-order valence-corrected chi connectivity index (χ3v) is 4.34. The van der Waals surface area contributed by atoms with Crippen LogP contribution < -0.4 is 10.6 Å². The molecule has 1 aliphatic rings. The molecule has 21 heavy (non-hydrogen) atoms. The van der Waals surface area contributed by atoms with E-state index in [4.69, 9.17) is 5.11 Å². The first kappa shape index (κ1) is 14.6. The maximum atomic E-state index is 8.87. The quantitative estimate of drug-likeness (QED) is 0.711. The molecule has 114 valence electrons. The number of piperidine rings is 1. The molecule has 1 aromatic carbocycles. The average molecular weight is 287 g/mol. The minimum Gasteiger partial charge on any atom is -0.395 e. The van der Waals surface area contributed by atoms with Crippen molar-refractivity contribution in [2.24, 2.45) is 0 Å².